The van der Waals surface area contributed by atoms with Crippen LogP contribution in [0.5, 0.6) is 0 Å². The quantitative estimate of drug-likeness (QED) is 0.833. The third-order valence-electron chi connectivity index (χ3n) is 5.90. The van der Waals surface area contributed by atoms with Crippen LogP contribution in [0.4, 0.5) is 0 Å². The van der Waals surface area contributed by atoms with Crippen LogP contribution in [0.2, 0.25) is 0 Å². The molecular weight excluding hydrogens is 330 g/mol. The van der Waals surface area contributed by atoms with Crippen molar-refractivity contribution < 1.29 is 4.74 Å². The van der Waals surface area contributed by atoms with Gasteiger partial charge in [-0.25, -0.2) is 0 Å². The van der Waals surface area contributed by atoms with Crippen molar-refractivity contribution in [2.24, 2.45) is 7.05 Å². The zero-order chi connectivity index (χ0) is 17.7. The molecular formula is C20H29N3OS. The Hall–Kier alpha value is -1.17. The van der Waals surface area contributed by atoms with E-state index < -0.39 is 0 Å². The van der Waals surface area contributed by atoms with Crippen molar-refractivity contribution in [1.82, 2.24) is 14.7 Å². The summed E-state index contributed by atoms with van der Waals surface area (Å²) in [5.74, 6) is 0. The summed E-state index contributed by atoms with van der Waals surface area (Å²) < 4.78 is 8.38. The van der Waals surface area contributed by atoms with E-state index >= 15 is 0 Å². The van der Waals surface area contributed by atoms with E-state index in [1.165, 1.54) is 16.0 Å². The minimum absolute atomic E-state index is 0.0769. The van der Waals surface area contributed by atoms with E-state index in [0.29, 0.717) is 0 Å². The summed E-state index contributed by atoms with van der Waals surface area (Å²) in [4.78, 5) is 5.67. The van der Waals surface area contributed by atoms with Crippen LogP contribution in [0.3, 0.4) is 0 Å². The molecule has 2 aliphatic rings. The minimum Gasteiger partial charge on any atom is -0.370 e. The third kappa shape index (κ3) is 3.07. The summed E-state index contributed by atoms with van der Waals surface area (Å²) in [6.07, 6.45) is 8.48. The number of thiophene rings is 1. The highest BCUT2D eigenvalue weighted by molar-refractivity contribution is 7.12. The maximum atomic E-state index is 6.49. The Morgan fingerprint density at radius 3 is 2.88 bits per heavy atom. The molecule has 0 bridgehead atoms. The van der Waals surface area contributed by atoms with E-state index in [0.717, 1.165) is 45.4 Å². The van der Waals surface area contributed by atoms with Crippen molar-refractivity contribution >= 4 is 11.3 Å². The Labute approximate surface area is 154 Å². The maximum absolute atomic E-state index is 6.49. The number of nitrogens with zero attached hydrogens (tertiary/aromatic N) is 3. The number of ether oxygens (including phenoxy) is 1. The fourth-order valence-electron chi connectivity index (χ4n) is 4.58. The van der Waals surface area contributed by atoms with Gasteiger partial charge in [0, 0.05) is 53.6 Å². The van der Waals surface area contributed by atoms with Gasteiger partial charge in [-0.15, -0.1) is 11.3 Å². The number of hydrogen-bond donors (Lipinski definition) is 0. The molecule has 136 valence electrons. The molecule has 1 unspecified atom stereocenters. The highest BCUT2D eigenvalue weighted by Gasteiger charge is 2.48. The molecule has 1 spiro atoms. The Bertz CT molecular complexity index is 763. The number of aromatic nitrogens is 2. The third-order valence-corrected chi connectivity index (χ3v) is 7.24. The first kappa shape index (κ1) is 17.3. The highest BCUT2D eigenvalue weighted by atomic mass is 32.1. The second kappa shape index (κ2) is 6.22. The van der Waals surface area contributed by atoms with E-state index in [1.807, 2.05) is 29.3 Å². The van der Waals surface area contributed by atoms with Crippen LogP contribution in [0.25, 0.3) is 0 Å². The van der Waals surface area contributed by atoms with Gasteiger partial charge in [-0.1, -0.05) is 6.92 Å². The van der Waals surface area contributed by atoms with E-state index in [1.54, 1.807) is 4.88 Å². The van der Waals surface area contributed by atoms with Crippen LogP contribution in [0, 0.1) is 0 Å². The molecule has 2 aromatic rings. The Kier molecular flexibility index (Phi) is 4.29. The molecule has 0 aliphatic carbocycles. The van der Waals surface area contributed by atoms with E-state index in [2.05, 4.69) is 43.0 Å². The number of fused-ring (bicyclic) bond motifs is 2. The van der Waals surface area contributed by atoms with Gasteiger partial charge in [0.1, 0.15) is 0 Å². The van der Waals surface area contributed by atoms with Gasteiger partial charge in [0.05, 0.1) is 18.4 Å². The van der Waals surface area contributed by atoms with Gasteiger partial charge < -0.3 is 4.74 Å². The van der Waals surface area contributed by atoms with Crippen molar-refractivity contribution in [1.29, 1.82) is 0 Å². The number of piperidine rings is 1. The zero-order valence-electron chi connectivity index (χ0n) is 15.8. The summed E-state index contributed by atoms with van der Waals surface area (Å²) in [7, 11) is 1.99. The topological polar surface area (TPSA) is 30.3 Å². The molecule has 4 rings (SSSR count). The lowest BCUT2D eigenvalue weighted by atomic mass is 9.74. The van der Waals surface area contributed by atoms with E-state index in [4.69, 9.17) is 4.74 Å². The Morgan fingerprint density at radius 2 is 2.20 bits per heavy atom. The normalized spacial score (nSPS) is 26.1. The molecule has 2 aliphatic heterocycles. The van der Waals surface area contributed by atoms with Crippen LogP contribution in [0.1, 0.15) is 54.5 Å². The van der Waals surface area contributed by atoms with Gasteiger partial charge in [0.2, 0.25) is 0 Å². The molecule has 0 saturated carbocycles. The molecule has 5 heteroatoms. The highest BCUT2D eigenvalue weighted by Crippen LogP contribution is 2.49. The lowest BCUT2D eigenvalue weighted by Crippen LogP contribution is -2.56. The Morgan fingerprint density at radius 1 is 1.36 bits per heavy atom. The molecule has 25 heavy (non-hydrogen) atoms. The fourth-order valence-corrected chi connectivity index (χ4v) is 5.76. The van der Waals surface area contributed by atoms with Crippen molar-refractivity contribution in [3.63, 3.8) is 0 Å². The first-order valence-corrected chi connectivity index (χ1v) is 10.2. The van der Waals surface area contributed by atoms with Gasteiger partial charge in [-0.2, -0.15) is 5.10 Å². The van der Waals surface area contributed by atoms with Gasteiger partial charge in [-0.3, -0.25) is 9.58 Å². The standard InChI is InChI=1S/C20H29N3OS/c1-5-16-10-17-18(25-16)6-9-24-20(17)7-8-23(19(2,3)14-20)13-15-11-21-22(4)12-15/h10-12H,5-9,13-14H2,1-4H3. The minimum atomic E-state index is -0.0769. The lowest BCUT2D eigenvalue weighted by molar-refractivity contribution is -0.134. The van der Waals surface area contributed by atoms with Crippen LogP contribution in [-0.4, -0.2) is 33.4 Å². The average Bonchev–Trinajstić information content (AvgIpc) is 3.16. The average molecular weight is 360 g/mol. The second-order valence-corrected chi connectivity index (χ2v) is 9.40. The Balaban J connectivity index is 1.59. The molecule has 1 fully saturated rings. The molecule has 4 heterocycles. The molecule has 1 saturated heterocycles. The predicted molar refractivity (Wildman–Crippen MR) is 102 cm³/mol. The van der Waals surface area contributed by atoms with Crippen molar-refractivity contribution in [3.8, 4) is 0 Å². The first-order chi connectivity index (χ1) is 11.9. The van der Waals surface area contributed by atoms with Crippen LogP contribution in [0.15, 0.2) is 18.5 Å². The number of likely N-dealkylation sites (tertiary alicyclic amines) is 1. The van der Waals surface area contributed by atoms with E-state index in [-0.39, 0.29) is 11.1 Å². The molecule has 0 amide bonds. The predicted octanol–water partition coefficient (Wildman–Crippen LogP) is 3.89. The van der Waals surface area contributed by atoms with Gasteiger partial charge >= 0.3 is 0 Å². The first-order valence-electron chi connectivity index (χ1n) is 9.40. The van der Waals surface area contributed by atoms with Crippen LogP contribution in [-0.2, 0) is 36.8 Å². The summed E-state index contributed by atoms with van der Waals surface area (Å²) in [5, 5.41) is 4.32. The number of aryl methyl sites for hydroxylation is 2. The number of rotatable bonds is 3. The fraction of sp³-hybridized carbons (Fsp3) is 0.650. The number of hydrogen-bond acceptors (Lipinski definition) is 4. The smallest absolute Gasteiger partial charge is 0.0971 e. The van der Waals surface area contributed by atoms with Gasteiger partial charge in [0.25, 0.3) is 0 Å². The molecule has 0 radical (unpaired) electrons. The van der Waals surface area contributed by atoms with Crippen LogP contribution >= 0.6 is 11.3 Å². The van der Waals surface area contributed by atoms with Gasteiger partial charge in [-0.05, 0) is 44.7 Å². The SMILES string of the molecule is CCc1cc2c(s1)CCOC21CCN(Cc2cnn(C)c2)C(C)(C)C1. The summed E-state index contributed by atoms with van der Waals surface area (Å²) in [6, 6.07) is 2.44. The van der Waals surface area contributed by atoms with E-state index in [9.17, 15) is 0 Å². The molecule has 1 atom stereocenters. The van der Waals surface area contributed by atoms with Crippen molar-refractivity contribution in [2.45, 2.75) is 64.1 Å². The van der Waals surface area contributed by atoms with Crippen LogP contribution < -0.4 is 0 Å². The van der Waals surface area contributed by atoms with Crippen molar-refractivity contribution in [3.05, 3.63) is 39.3 Å². The van der Waals surface area contributed by atoms with Gasteiger partial charge in [0.15, 0.2) is 0 Å². The second-order valence-electron chi connectivity index (χ2n) is 8.18. The summed E-state index contributed by atoms with van der Waals surface area (Å²) in [6.45, 7) is 9.90. The zero-order valence-corrected chi connectivity index (χ0v) is 16.7. The largest absolute Gasteiger partial charge is 0.370 e. The molecule has 2 aromatic heterocycles. The monoisotopic (exact) mass is 359 g/mol. The molecule has 0 aromatic carbocycles. The molecule has 0 N–H and O–H groups in total. The molecule has 4 nitrogen and oxygen atoms in total. The summed E-state index contributed by atoms with van der Waals surface area (Å²) in [5.41, 5.74) is 2.82. The summed E-state index contributed by atoms with van der Waals surface area (Å²) >= 11 is 2.00. The lowest BCUT2D eigenvalue weighted by Gasteiger charge is -2.52. The van der Waals surface area contributed by atoms with Crippen molar-refractivity contribution in [2.75, 3.05) is 13.2 Å². The maximum Gasteiger partial charge on any atom is 0.0971 e.